The molecule has 3 saturated carbocycles. The molecule has 1 amide bonds. The number of hydrogen-bond acceptors (Lipinski definition) is 7. The summed E-state index contributed by atoms with van der Waals surface area (Å²) in [4.78, 5) is 28.3. The molecular weight excluding hydrogens is 562 g/mol. The molecule has 0 saturated heterocycles. The minimum Gasteiger partial charge on any atom is -0.351 e. The summed E-state index contributed by atoms with van der Waals surface area (Å²) in [6, 6.07) is 1.10. The van der Waals surface area contributed by atoms with Gasteiger partial charge in [0.25, 0.3) is 18.3 Å². The summed E-state index contributed by atoms with van der Waals surface area (Å²) >= 11 is 1.48. The fraction of sp³-hybridized carbons (Fsp3) is 0.593. The van der Waals surface area contributed by atoms with Crippen LogP contribution < -0.4 is 10.6 Å². The highest BCUT2D eigenvalue weighted by molar-refractivity contribution is 7.12. The second-order valence-corrected chi connectivity index (χ2v) is 13.1. The molecule has 0 aromatic carbocycles. The highest BCUT2D eigenvalue weighted by Crippen LogP contribution is 2.71. The van der Waals surface area contributed by atoms with Gasteiger partial charge in [-0.25, -0.2) is 17.6 Å². The van der Waals surface area contributed by atoms with Crippen LogP contribution in [0.1, 0.15) is 75.9 Å². The lowest BCUT2D eigenvalue weighted by Gasteiger charge is -2.25. The van der Waals surface area contributed by atoms with Gasteiger partial charge in [-0.15, -0.1) is 21.5 Å². The number of fused-ring (bicyclic) bond motifs is 1. The average molecular weight is 592 g/mol. The monoisotopic (exact) mass is 591 g/mol. The lowest BCUT2D eigenvalue weighted by atomic mass is 9.89. The van der Waals surface area contributed by atoms with Gasteiger partial charge in [0, 0.05) is 60.1 Å². The van der Waals surface area contributed by atoms with Crippen LogP contribution in [0.25, 0.3) is 0 Å². The van der Waals surface area contributed by atoms with Gasteiger partial charge in [-0.05, 0) is 49.5 Å². The fourth-order valence-electron chi connectivity index (χ4n) is 6.27. The molecule has 3 fully saturated rings. The minimum absolute atomic E-state index is 0.0682. The van der Waals surface area contributed by atoms with Gasteiger partial charge in [0.05, 0.1) is 5.56 Å². The Labute approximate surface area is 236 Å². The van der Waals surface area contributed by atoms with Crippen molar-refractivity contribution in [2.75, 3.05) is 11.9 Å². The number of ketones is 1. The van der Waals surface area contributed by atoms with Crippen LogP contribution >= 0.6 is 11.3 Å². The van der Waals surface area contributed by atoms with Gasteiger partial charge in [0.1, 0.15) is 23.6 Å². The Balaban J connectivity index is 1.14. The number of Topliss-reactive ketones (excluding diaryl/α,β-unsaturated/α-hetero) is 1. The summed E-state index contributed by atoms with van der Waals surface area (Å²) in [6.07, 6.45) is 3.72. The summed E-state index contributed by atoms with van der Waals surface area (Å²) in [5.41, 5.74) is 1.11. The zero-order valence-electron chi connectivity index (χ0n) is 22.3. The van der Waals surface area contributed by atoms with Crippen LogP contribution in [0.15, 0.2) is 12.4 Å². The van der Waals surface area contributed by atoms with E-state index in [9.17, 15) is 27.2 Å². The van der Waals surface area contributed by atoms with E-state index in [-0.39, 0.29) is 48.2 Å². The van der Waals surface area contributed by atoms with Crippen molar-refractivity contribution in [2.24, 2.45) is 24.3 Å². The zero-order chi connectivity index (χ0) is 28.7. The number of anilines is 2. The number of thiophene rings is 1. The number of aryl methyl sites for hydroxylation is 2. The van der Waals surface area contributed by atoms with E-state index in [1.54, 1.807) is 13.4 Å². The number of carbonyl (C=O) groups is 2. The average Bonchev–Trinajstić information content (AvgIpc) is 3.83. The molecule has 0 bridgehead atoms. The molecule has 7 rings (SSSR count). The predicted molar refractivity (Wildman–Crippen MR) is 141 cm³/mol. The first kappa shape index (κ1) is 26.6. The highest BCUT2D eigenvalue weighted by Gasteiger charge is 2.65. The normalized spacial score (nSPS) is 24.8. The van der Waals surface area contributed by atoms with Gasteiger partial charge in [-0.2, -0.15) is 5.10 Å². The van der Waals surface area contributed by atoms with Gasteiger partial charge >= 0.3 is 0 Å². The Hall–Kier alpha value is -3.29. The van der Waals surface area contributed by atoms with Crippen molar-refractivity contribution in [3.63, 3.8) is 0 Å². The van der Waals surface area contributed by atoms with Crippen molar-refractivity contribution in [3.05, 3.63) is 39.0 Å². The number of hydrogen-bond donors (Lipinski definition) is 2. The molecule has 1 unspecified atom stereocenters. The maximum atomic E-state index is 13.5. The molecule has 9 nitrogen and oxygen atoms in total. The maximum Gasteiger partial charge on any atom is 0.282 e. The van der Waals surface area contributed by atoms with E-state index in [1.165, 1.54) is 22.1 Å². The lowest BCUT2D eigenvalue weighted by molar-refractivity contribution is -0.119. The molecule has 41 heavy (non-hydrogen) atoms. The van der Waals surface area contributed by atoms with E-state index >= 15 is 0 Å². The minimum atomic E-state index is -2.74. The molecule has 3 aromatic heterocycles. The van der Waals surface area contributed by atoms with Crippen molar-refractivity contribution in [3.8, 4) is 0 Å². The van der Waals surface area contributed by atoms with Crippen LogP contribution in [0.3, 0.4) is 0 Å². The maximum absolute atomic E-state index is 13.5. The standard InChI is InChI=1S/C27H29F4N7O2S/c1-37-21(7-17(36-37)23(28)29)34-25-35-33-12-38(25)14-2-3-19-15(6-14)22(24(40)32-11-13-9-27(13,30)31)20(41-19)8-18(39)16-10-26(16)4-5-26/h7,12-14,16,23H,2-6,8-11H2,1H3,(H,32,40)(H,34,35)/t13?,14-,16+/m0/s1. The summed E-state index contributed by atoms with van der Waals surface area (Å²) in [7, 11) is 1.55. The Morgan fingerprint density at radius 1 is 1.24 bits per heavy atom. The van der Waals surface area contributed by atoms with Crippen LogP contribution in [0.5, 0.6) is 0 Å². The second kappa shape index (κ2) is 9.36. The van der Waals surface area contributed by atoms with Crippen molar-refractivity contribution in [2.45, 2.75) is 69.8 Å². The SMILES string of the molecule is Cn1nc(C(F)F)cc1Nc1nncn1[C@H]1CCc2sc(CC(=O)[C@H]3CC34CC4)c(C(=O)NCC3CC3(F)F)c2C1. The van der Waals surface area contributed by atoms with Crippen molar-refractivity contribution in [1.29, 1.82) is 0 Å². The predicted octanol–water partition coefficient (Wildman–Crippen LogP) is 4.78. The molecule has 218 valence electrons. The lowest BCUT2D eigenvalue weighted by Crippen LogP contribution is -2.29. The highest BCUT2D eigenvalue weighted by atomic mass is 32.1. The zero-order valence-corrected chi connectivity index (χ0v) is 23.1. The van der Waals surface area contributed by atoms with Crippen LogP contribution in [0.2, 0.25) is 0 Å². The topological polar surface area (TPSA) is 107 Å². The summed E-state index contributed by atoms with van der Waals surface area (Å²) in [5, 5.41) is 17.7. The first-order valence-electron chi connectivity index (χ1n) is 13.9. The molecule has 1 spiro atoms. The molecule has 3 heterocycles. The van der Waals surface area contributed by atoms with Crippen LogP contribution in [0, 0.1) is 17.3 Å². The van der Waals surface area contributed by atoms with Crippen molar-refractivity contribution >= 4 is 34.8 Å². The Morgan fingerprint density at radius 3 is 2.68 bits per heavy atom. The van der Waals surface area contributed by atoms with Crippen LogP contribution in [-0.2, 0) is 31.1 Å². The Bertz CT molecular complexity index is 1540. The number of halogens is 4. The van der Waals surface area contributed by atoms with Crippen LogP contribution in [0.4, 0.5) is 29.3 Å². The third kappa shape index (κ3) is 4.83. The van der Waals surface area contributed by atoms with E-state index in [0.717, 1.165) is 29.7 Å². The number of nitrogens with one attached hydrogen (secondary N) is 2. The smallest absolute Gasteiger partial charge is 0.282 e. The molecule has 14 heteroatoms. The molecular formula is C27H29F4N7O2S. The number of carbonyl (C=O) groups excluding carboxylic acids is 2. The Kier molecular flexibility index (Phi) is 6.07. The quantitative estimate of drug-likeness (QED) is 0.329. The molecule has 0 aliphatic heterocycles. The first-order valence-corrected chi connectivity index (χ1v) is 14.7. The summed E-state index contributed by atoms with van der Waals surface area (Å²) in [6.45, 7) is -0.107. The van der Waals surface area contributed by atoms with E-state index in [1.807, 2.05) is 4.57 Å². The second-order valence-electron chi connectivity index (χ2n) is 11.9. The van der Waals surface area contributed by atoms with Crippen molar-refractivity contribution in [1.82, 2.24) is 29.9 Å². The largest absolute Gasteiger partial charge is 0.351 e. The first-order chi connectivity index (χ1) is 19.5. The summed E-state index contributed by atoms with van der Waals surface area (Å²) < 4.78 is 56.4. The van der Waals surface area contributed by atoms with E-state index in [0.29, 0.717) is 41.5 Å². The van der Waals surface area contributed by atoms with Gasteiger partial charge in [-0.1, -0.05) is 0 Å². The number of rotatable bonds is 10. The molecule has 0 radical (unpaired) electrons. The molecule has 3 aromatic rings. The number of aromatic nitrogens is 5. The molecule has 4 aliphatic carbocycles. The Morgan fingerprint density at radius 2 is 2.02 bits per heavy atom. The molecule has 4 aliphatic rings. The van der Waals surface area contributed by atoms with Crippen LogP contribution in [-0.4, -0.2) is 48.7 Å². The number of nitrogens with zero attached hydrogens (tertiary/aromatic N) is 5. The third-order valence-corrected chi connectivity index (χ3v) is 10.4. The number of alkyl halides is 4. The number of amides is 1. The molecule has 3 atom stereocenters. The van der Waals surface area contributed by atoms with E-state index in [2.05, 4.69) is 25.9 Å². The fourth-order valence-corrected chi connectivity index (χ4v) is 7.63. The third-order valence-electron chi connectivity index (χ3n) is 9.13. The summed E-state index contributed by atoms with van der Waals surface area (Å²) in [5.74, 6) is -3.11. The van der Waals surface area contributed by atoms with E-state index in [4.69, 9.17) is 0 Å². The van der Waals surface area contributed by atoms with Gasteiger partial charge in [0.2, 0.25) is 5.95 Å². The van der Waals surface area contributed by atoms with Crippen molar-refractivity contribution < 1.29 is 27.2 Å². The van der Waals surface area contributed by atoms with E-state index < -0.39 is 24.2 Å². The van der Waals surface area contributed by atoms with Gasteiger partial charge in [0.15, 0.2) is 0 Å². The van der Waals surface area contributed by atoms with Gasteiger partial charge < -0.3 is 10.6 Å². The molecule has 2 N–H and O–H groups in total. The van der Waals surface area contributed by atoms with Gasteiger partial charge in [-0.3, -0.25) is 18.8 Å².